The van der Waals surface area contributed by atoms with Crippen LogP contribution in [0, 0.1) is 0 Å². The smallest absolute Gasteiger partial charge is 0.0851 e. The lowest BCUT2D eigenvalue weighted by molar-refractivity contribution is 0.0702. The molecule has 3 heteroatoms. The monoisotopic (exact) mass is 422 g/mol. The molecule has 2 aromatic carbocycles. The Hall–Kier alpha value is -2.20. The number of aliphatic hydroxyl groups excluding tert-OH is 2. The Balaban J connectivity index is 2.18. The van der Waals surface area contributed by atoms with Gasteiger partial charge in [0.25, 0.3) is 0 Å². The van der Waals surface area contributed by atoms with Crippen LogP contribution in [0.5, 0.6) is 0 Å². The summed E-state index contributed by atoms with van der Waals surface area (Å²) in [5, 5.41) is 29.6. The van der Waals surface area contributed by atoms with E-state index in [1.165, 1.54) is 16.7 Å². The van der Waals surface area contributed by atoms with Crippen molar-refractivity contribution in [2.24, 2.45) is 0 Å². The molecule has 0 spiro atoms. The second kappa shape index (κ2) is 12.0. The van der Waals surface area contributed by atoms with Gasteiger partial charge in [-0.15, -0.1) is 0 Å². The second-order valence-corrected chi connectivity index (χ2v) is 8.25. The zero-order valence-corrected chi connectivity index (χ0v) is 19.5. The van der Waals surface area contributed by atoms with Crippen molar-refractivity contribution in [1.29, 1.82) is 0 Å². The molecule has 0 saturated heterocycles. The van der Waals surface area contributed by atoms with Crippen LogP contribution in [0.25, 0.3) is 5.57 Å². The number of allylic oxidation sites excluding steroid dienone is 3. The molecule has 2 rings (SSSR count). The topological polar surface area (TPSA) is 60.7 Å². The van der Waals surface area contributed by atoms with Crippen LogP contribution in [0.4, 0.5) is 0 Å². The summed E-state index contributed by atoms with van der Waals surface area (Å²) in [6.45, 7) is 8.11. The lowest BCUT2D eigenvalue weighted by Gasteiger charge is -2.26. The third-order valence-corrected chi connectivity index (χ3v) is 6.43. The molecule has 0 heterocycles. The van der Waals surface area contributed by atoms with Crippen LogP contribution in [0.3, 0.4) is 0 Å². The molecule has 168 valence electrons. The molecule has 0 aliphatic rings. The van der Waals surface area contributed by atoms with Gasteiger partial charge in [-0.1, -0.05) is 75.4 Å². The van der Waals surface area contributed by atoms with Crippen LogP contribution >= 0.6 is 0 Å². The minimum absolute atomic E-state index is 0.0494. The fraction of sp³-hybridized carbons (Fsp3) is 0.429. The van der Waals surface area contributed by atoms with E-state index in [-0.39, 0.29) is 13.2 Å². The summed E-state index contributed by atoms with van der Waals surface area (Å²) in [4.78, 5) is 0. The molecule has 0 amide bonds. The van der Waals surface area contributed by atoms with Crippen molar-refractivity contribution < 1.29 is 15.3 Å². The van der Waals surface area contributed by atoms with Gasteiger partial charge in [-0.2, -0.15) is 0 Å². The van der Waals surface area contributed by atoms with E-state index in [1.807, 2.05) is 39.0 Å². The van der Waals surface area contributed by atoms with Gasteiger partial charge in [0.15, 0.2) is 0 Å². The summed E-state index contributed by atoms with van der Waals surface area (Å²) in [6, 6.07) is 14.6. The van der Waals surface area contributed by atoms with E-state index in [0.717, 1.165) is 41.5 Å². The molecule has 0 aliphatic heterocycles. The highest BCUT2D eigenvalue weighted by Gasteiger charge is 2.23. The number of benzene rings is 2. The van der Waals surface area contributed by atoms with Crippen molar-refractivity contribution in [3.63, 3.8) is 0 Å². The predicted molar refractivity (Wildman–Crippen MR) is 130 cm³/mol. The summed E-state index contributed by atoms with van der Waals surface area (Å²) in [7, 11) is 0. The van der Waals surface area contributed by atoms with Crippen LogP contribution in [0.15, 0.2) is 60.2 Å². The molecule has 31 heavy (non-hydrogen) atoms. The number of rotatable bonds is 11. The Morgan fingerprint density at radius 3 is 2.06 bits per heavy atom. The number of aliphatic hydroxyl groups is 3. The van der Waals surface area contributed by atoms with Gasteiger partial charge in [-0.3, -0.25) is 0 Å². The van der Waals surface area contributed by atoms with Crippen molar-refractivity contribution in [2.75, 3.05) is 0 Å². The first-order valence-corrected chi connectivity index (χ1v) is 11.4. The first-order chi connectivity index (χ1) is 14.9. The summed E-state index contributed by atoms with van der Waals surface area (Å²) in [6.07, 6.45) is 8.36. The van der Waals surface area contributed by atoms with E-state index >= 15 is 0 Å². The number of aryl methyl sites for hydroxylation is 2. The predicted octanol–water partition coefficient (Wildman–Crippen LogP) is 5.75. The molecule has 3 nitrogen and oxygen atoms in total. The Labute approximate surface area is 187 Å². The largest absolute Gasteiger partial charge is 0.392 e. The first kappa shape index (κ1) is 25.1. The highest BCUT2D eigenvalue weighted by molar-refractivity contribution is 5.67. The molecule has 0 fully saturated rings. The van der Waals surface area contributed by atoms with Gasteiger partial charge in [-0.25, -0.2) is 0 Å². The molecular weight excluding hydrogens is 384 g/mol. The van der Waals surface area contributed by atoms with Crippen LogP contribution in [0.2, 0.25) is 0 Å². The van der Waals surface area contributed by atoms with Gasteiger partial charge in [0.1, 0.15) is 0 Å². The molecule has 0 atom stereocenters. The number of hydrogen-bond acceptors (Lipinski definition) is 3. The van der Waals surface area contributed by atoms with Crippen LogP contribution < -0.4 is 0 Å². The fourth-order valence-electron chi connectivity index (χ4n) is 3.96. The maximum Gasteiger partial charge on any atom is 0.0851 e. The zero-order valence-electron chi connectivity index (χ0n) is 19.5. The van der Waals surface area contributed by atoms with Gasteiger partial charge in [0.05, 0.1) is 18.8 Å². The van der Waals surface area contributed by atoms with Crippen molar-refractivity contribution >= 4 is 5.57 Å². The maximum absolute atomic E-state index is 10.7. The normalized spacial score (nSPS) is 13.0. The van der Waals surface area contributed by atoms with Crippen LogP contribution in [-0.4, -0.2) is 20.9 Å². The second-order valence-electron chi connectivity index (χ2n) is 8.25. The first-order valence-electron chi connectivity index (χ1n) is 11.4. The molecule has 0 unspecified atom stereocenters. The van der Waals surface area contributed by atoms with E-state index in [2.05, 4.69) is 43.3 Å². The average Bonchev–Trinajstić information content (AvgIpc) is 2.82. The maximum atomic E-state index is 10.7. The summed E-state index contributed by atoms with van der Waals surface area (Å²) in [5.74, 6) is 0. The highest BCUT2D eigenvalue weighted by Crippen LogP contribution is 2.26. The van der Waals surface area contributed by atoms with Crippen molar-refractivity contribution in [3.8, 4) is 0 Å². The highest BCUT2D eigenvalue weighted by atomic mass is 16.3. The number of hydrogen-bond donors (Lipinski definition) is 3. The Bertz CT molecular complexity index is 904. The van der Waals surface area contributed by atoms with Gasteiger partial charge in [0.2, 0.25) is 0 Å². The average molecular weight is 423 g/mol. The molecule has 2 aromatic rings. The van der Waals surface area contributed by atoms with E-state index in [9.17, 15) is 15.3 Å². The third kappa shape index (κ3) is 6.64. The van der Waals surface area contributed by atoms with Gasteiger partial charge >= 0.3 is 0 Å². The minimum Gasteiger partial charge on any atom is -0.392 e. The molecular formula is C28H38O3. The van der Waals surface area contributed by atoms with E-state index in [0.29, 0.717) is 12.8 Å². The minimum atomic E-state index is -0.726. The fourth-order valence-corrected chi connectivity index (χ4v) is 3.96. The lowest BCUT2D eigenvalue weighted by atomic mass is 9.88. The summed E-state index contributed by atoms with van der Waals surface area (Å²) >= 11 is 0. The van der Waals surface area contributed by atoms with Gasteiger partial charge in [0, 0.05) is 0 Å². The lowest BCUT2D eigenvalue weighted by Crippen LogP contribution is -2.27. The molecule has 0 aromatic heterocycles. The van der Waals surface area contributed by atoms with Gasteiger partial charge in [-0.05, 0) is 78.0 Å². The summed E-state index contributed by atoms with van der Waals surface area (Å²) in [5.41, 5.74) is 6.76. The molecule has 0 bridgehead atoms. The quantitative estimate of drug-likeness (QED) is 0.404. The third-order valence-electron chi connectivity index (χ3n) is 6.43. The molecule has 0 saturated carbocycles. The summed E-state index contributed by atoms with van der Waals surface area (Å²) < 4.78 is 0. The van der Waals surface area contributed by atoms with E-state index in [4.69, 9.17) is 0 Å². The van der Waals surface area contributed by atoms with E-state index < -0.39 is 5.60 Å². The van der Waals surface area contributed by atoms with Crippen LogP contribution in [-0.2, 0) is 26.1 Å². The molecule has 0 aliphatic carbocycles. The SMILES string of the molecule is CCC(=CC=C(C)C(O)(CC)CC)c1cccc(CCc2ccc(CO)c(CO)c2)c1. The Morgan fingerprint density at radius 2 is 1.48 bits per heavy atom. The van der Waals surface area contributed by atoms with Gasteiger partial charge < -0.3 is 15.3 Å². The van der Waals surface area contributed by atoms with E-state index in [1.54, 1.807) is 0 Å². The van der Waals surface area contributed by atoms with Crippen molar-refractivity contribution in [2.45, 2.75) is 78.6 Å². The molecule has 0 radical (unpaired) electrons. The zero-order chi connectivity index (χ0) is 22.9. The Morgan fingerprint density at radius 1 is 0.839 bits per heavy atom. The van der Waals surface area contributed by atoms with Crippen LogP contribution in [0.1, 0.15) is 74.8 Å². The molecule has 3 N–H and O–H groups in total. The van der Waals surface area contributed by atoms with Crippen molar-refractivity contribution in [1.82, 2.24) is 0 Å². The van der Waals surface area contributed by atoms with Crippen molar-refractivity contribution in [3.05, 3.63) is 88.0 Å². The standard InChI is InChI=1S/C28H38O3/c1-5-24(15-11-21(4)28(31,6-2)7-3)25-10-8-9-22(17-25)12-13-23-14-16-26(19-29)27(18-23)20-30/h8-11,14-18,29-31H,5-7,12-13,19-20H2,1-4H3. The Kier molecular flexibility index (Phi) is 9.70.